The number of para-hydroxylation sites is 1. The van der Waals surface area contributed by atoms with E-state index in [0.717, 1.165) is 5.56 Å². The van der Waals surface area contributed by atoms with Crippen molar-refractivity contribution in [2.45, 2.75) is 18.2 Å². The summed E-state index contributed by atoms with van der Waals surface area (Å²) in [4.78, 5) is 16.2. The quantitative estimate of drug-likeness (QED) is 0.598. The first-order valence-corrected chi connectivity index (χ1v) is 9.86. The summed E-state index contributed by atoms with van der Waals surface area (Å²) < 4.78 is 37.5. The Balaban J connectivity index is 1.63. The number of hydrogen-bond donors (Lipinski definition) is 2. The topological polar surface area (TPSA) is 111 Å². The number of ether oxygens (including phenoxy) is 1. The zero-order chi connectivity index (χ0) is 20.0. The number of carbonyl (C=O) groups is 1. The third-order valence-corrected chi connectivity index (χ3v) is 5.16. The van der Waals surface area contributed by atoms with Crippen LogP contribution in [0.4, 0.5) is 0 Å². The molecule has 0 radical (unpaired) electrons. The van der Waals surface area contributed by atoms with Crippen molar-refractivity contribution in [2.24, 2.45) is 0 Å². The zero-order valence-electron chi connectivity index (χ0n) is 15.1. The van der Waals surface area contributed by atoms with E-state index in [-0.39, 0.29) is 23.9 Å². The number of nitrogens with one attached hydrogen (secondary N) is 2. The summed E-state index contributed by atoms with van der Waals surface area (Å²) in [7, 11) is -2.35. The molecule has 8 nitrogen and oxygen atoms in total. The third kappa shape index (κ3) is 4.76. The molecule has 146 valence electrons. The van der Waals surface area contributed by atoms with Gasteiger partial charge in [0.15, 0.2) is 5.76 Å². The van der Waals surface area contributed by atoms with E-state index < -0.39 is 15.9 Å². The molecule has 9 heteroatoms. The van der Waals surface area contributed by atoms with Crippen LogP contribution in [-0.4, -0.2) is 26.4 Å². The van der Waals surface area contributed by atoms with Gasteiger partial charge in [0.25, 0.3) is 15.9 Å². The Hall–Kier alpha value is -3.17. The molecule has 1 aromatic carbocycles. The number of methoxy groups -OCH3 is 1. The second-order valence-corrected chi connectivity index (χ2v) is 7.50. The summed E-state index contributed by atoms with van der Waals surface area (Å²) in [5.74, 6) is 0.0152. The van der Waals surface area contributed by atoms with E-state index >= 15 is 0 Å². The molecule has 0 unspecified atom stereocenters. The Morgan fingerprint density at radius 3 is 2.68 bits per heavy atom. The average Bonchev–Trinajstić information content (AvgIpc) is 3.23. The van der Waals surface area contributed by atoms with Gasteiger partial charge in [-0.25, -0.2) is 13.1 Å². The number of furan rings is 1. The normalized spacial score (nSPS) is 11.2. The average molecular weight is 401 g/mol. The van der Waals surface area contributed by atoms with Gasteiger partial charge in [0.1, 0.15) is 5.75 Å². The lowest BCUT2D eigenvalue weighted by molar-refractivity contribution is 0.0917. The highest BCUT2D eigenvalue weighted by Gasteiger charge is 2.21. The molecule has 3 rings (SSSR count). The highest BCUT2D eigenvalue weighted by atomic mass is 32.2. The van der Waals surface area contributed by atoms with Crippen molar-refractivity contribution >= 4 is 15.9 Å². The second kappa shape index (κ2) is 8.68. The number of aromatic nitrogens is 1. The molecule has 2 aromatic heterocycles. The second-order valence-electron chi connectivity index (χ2n) is 5.80. The molecule has 3 aromatic rings. The van der Waals surface area contributed by atoms with Crippen LogP contribution in [0.15, 0.2) is 70.4 Å². The Kier molecular flexibility index (Phi) is 6.07. The molecular formula is C19H19N3O5S. The Labute approximate surface area is 162 Å². The molecule has 0 bridgehead atoms. The smallest absolute Gasteiger partial charge is 0.287 e. The Bertz CT molecular complexity index is 1050. The SMILES string of the molecule is COc1ccccc1CNC(=O)c1ccc(S(=O)(=O)NCc2cccnc2)o1. The molecule has 0 aliphatic heterocycles. The molecule has 0 fully saturated rings. The summed E-state index contributed by atoms with van der Waals surface area (Å²) in [5.41, 5.74) is 1.49. The first kappa shape index (κ1) is 19.6. The molecule has 1 amide bonds. The highest BCUT2D eigenvalue weighted by molar-refractivity contribution is 7.89. The summed E-state index contributed by atoms with van der Waals surface area (Å²) in [6.45, 7) is 0.275. The first-order valence-electron chi connectivity index (χ1n) is 8.38. The van der Waals surface area contributed by atoms with Gasteiger partial charge in [-0.3, -0.25) is 9.78 Å². The van der Waals surface area contributed by atoms with E-state index in [1.165, 1.54) is 12.1 Å². The van der Waals surface area contributed by atoms with Crippen molar-refractivity contribution in [3.8, 4) is 5.75 Å². The van der Waals surface area contributed by atoms with Crippen molar-refractivity contribution in [1.29, 1.82) is 0 Å². The monoisotopic (exact) mass is 401 g/mol. The van der Waals surface area contributed by atoms with Crippen LogP contribution in [0.5, 0.6) is 5.75 Å². The number of amides is 1. The number of hydrogen-bond acceptors (Lipinski definition) is 6. The lowest BCUT2D eigenvalue weighted by Gasteiger charge is -2.08. The van der Waals surface area contributed by atoms with Gasteiger partial charge in [-0.1, -0.05) is 24.3 Å². The highest BCUT2D eigenvalue weighted by Crippen LogP contribution is 2.18. The van der Waals surface area contributed by atoms with E-state index in [2.05, 4.69) is 15.0 Å². The Morgan fingerprint density at radius 2 is 1.93 bits per heavy atom. The van der Waals surface area contributed by atoms with Crippen molar-refractivity contribution in [1.82, 2.24) is 15.0 Å². The lowest BCUT2D eigenvalue weighted by Crippen LogP contribution is -2.24. The van der Waals surface area contributed by atoms with Gasteiger partial charge in [-0.05, 0) is 29.8 Å². The van der Waals surface area contributed by atoms with Crippen molar-refractivity contribution in [3.63, 3.8) is 0 Å². The summed E-state index contributed by atoms with van der Waals surface area (Å²) in [6.07, 6.45) is 3.15. The molecule has 0 saturated heterocycles. The molecule has 2 N–H and O–H groups in total. The molecule has 0 aliphatic rings. The minimum Gasteiger partial charge on any atom is -0.496 e. The summed E-state index contributed by atoms with van der Waals surface area (Å²) >= 11 is 0. The van der Waals surface area contributed by atoms with Crippen LogP contribution < -0.4 is 14.8 Å². The van der Waals surface area contributed by atoms with Gasteiger partial charge >= 0.3 is 0 Å². The summed E-state index contributed by atoms with van der Waals surface area (Å²) in [5, 5.41) is 2.34. The molecule has 0 atom stereocenters. The maximum Gasteiger partial charge on any atom is 0.287 e. The lowest BCUT2D eigenvalue weighted by atomic mass is 10.2. The number of nitrogens with zero attached hydrogens (tertiary/aromatic N) is 1. The van der Waals surface area contributed by atoms with E-state index in [1.54, 1.807) is 37.7 Å². The van der Waals surface area contributed by atoms with Crippen LogP contribution in [0, 0.1) is 0 Å². The number of sulfonamides is 1. The van der Waals surface area contributed by atoms with Gasteiger partial charge in [0, 0.05) is 31.0 Å². The molecule has 0 aliphatic carbocycles. The maximum absolute atomic E-state index is 12.3. The molecule has 28 heavy (non-hydrogen) atoms. The minimum atomic E-state index is -3.89. The van der Waals surface area contributed by atoms with Crippen LogP contribution in [0.25, 0.3) is 0 Å². The maximum atomic E-state index is 12.3. The molecule has 2 heterocycles. The number of rotatable bonds is 8. The summed E-state index contributed by atoms with van der Waals surface area (Å²) in [6, 6.07) is 13.3. The fourth-order valence-corrected chi connectivity index (χ4v) is 3.40. The first-order chi connectivity index (χ1) is 13.5. The van der Waals surface area contributed by atoms with Gasteiger partial charge in [0.05, 0.1) is 7.11 Å². The van der Waals surface area contributed by atoms with Crippen LogP contribution in [0.2, 0.25) is 0 Å². The number of pyridine rings is 1. The van der Waals surface area contributed by atoms with E-state index in [9.17, 15) is 13.2 Å². The molecule has 0 saturated carbocycles. The van der Waals surface area contributed by atoms with Crippen molar-refractivity contribution < 1.29 is 22.4 Å². The predicted octanol–water partition coefficient (Wildman–Crippen LogP) is 2.09. The minimum absolute atomic E-state index is 0.0617. The predicted molar refractivity (Wildman–Crippen MR) is 101 cm³/mol. The van der Waals surface area contributed by atoms with Crippen LogP contribution in [0.1, 0.15) is 21.7 Å². The van der Waals surface area contributed by atoms with Gasteiger partial charge in [-0.2, -0.15) is 0 Å². The van der Waals surface area contributed by atoms with Gasteiger partial charge in [0.2, 0.25) is 5.09 Å². The number of benzene rings is 1. The standard InChI is InChI=1S/C19H19N3O5S/c1-26-16-7-3-2-6-15(16)13-21-19(23)17-8-9-18(27-17)28(24,25)22-12-14-5-4-10-20-11-14/h2-11,22H,12-13H2,1H3,(H,21,23). The largest absolute Gasteiger partial charge is 0.496 e. The van der Waals surface area contributed by atoms with Crippen molar-refractivity contribution in [2.75, 3.05) is 7.11 Å². The van der Waals surface area contributed by atoms with E-state index in [0.29, 0.717) is 11.3 Å². The van der Waals surface area contributed by atoms with Crippen molar-refractivity contribution in [3.05, 3.63) is 77.8 Å². The van der Waals surface area contributed by atoms with Crippen LogP contribution in [-0.2, 0) is 23.1 Å². The number of carbonyl (C=O) groups excluding carboxylic acids is 1. The van der Waals surface area contributed by atoms with Gasteiger partial charge in [-0.15, -0.1) is 0 Å². The fraction of sp³-hybridized carbons (Fsp3) is 0.158. The van der Waals surface area contributed by atoms with E-state index in [1.807, 2.05) is 18.2 Å². The third-order valence-electron chi connectivity index (χ3n) is 3.89. The molecule has 0 spiro atoms. The van der Waals surface area contributed by atoms with E-state index in [4.69, 9.17) is 9.15 Å². The fourth-order valence-electron chi connectivity index (χ4n) is 2.45. The molecular weight excluding hydrogens is 382 g/mol. The van der Waals surface area contributed by atoms with Gasteiger partial charge < -0.3 is 14.5 Å². The Morgan fingerprint density at radius 1 is 1.11 bits per heavy atom. The zero-order valence-corrected chi connectivity index (χ0v) is 15.9. The van der Waals surface area contributed by atoms with Crippen LogP contribution in [0.3, 0.4) is 0 Å². The van der Waals surface area contributed by atoms with Crippen LogP contribution >= 0.6 is 0 Å².